The fourth-order valence-electron chi connectivity index (χ4n) is 2.93. The first-order chi connectivity index (χ1) is 11.8. The van der Waals surface area contributed by atoms with Gasteiger partial charge in [-0.25, -0.2) is 4.39 Å². The van der Waals surface area contributed by atoms with Gasteiger partial charge in [0, 0.05) is 38.2 Å². The van der Waals surface area contributed by atoms with E-state index in [-0.39, 0.29) is 24.1 Å². The second kappa shape index (κ2) is 8.62. The molecule has 1 fully saturated rings. The van der Waals surface area contributed by atoms with E-state index in [4.69, 9.17) is 4.74 Å². The molecule has 1 aromatic carbocycles. The van der Waals surface area contributed by atoms with Gasteiger partial charge in [0.15, 0.2) is 0 Å². The average molecular weight is 362 g/mol. The molecule has 1 aliphatic rings. The molecule has 140 valence electrons. The predicted octanol–water partition coefficient (Wildman–Crippen LogP) is 2.96. The molecule has 25 heavy (non-hydrogen) atoms. The third-order valence-electron chi connectivity index (χ3n) is 4.30. The Hall–Kier alpha value is -1.67. The van der Waals surface area contributed by atoms with E-state index in [0.29, 0.717) is 45.0 Å². The van der Waals surface area contributed by atoms with Gasteiger partial charge in [0.1, 0.15) is 5.82 Å². The maximum atomic E-state index is 13.9. The molecule has 1 saturated heterocycles. The van der Waals surface area contributed by atoms with Crippen LogP contribution in [0.5, 0.6) is 0 Å². The van der Waals surface area contributed by atoms with Crippen LogP contribution in [0.3, 0.4) is 0 Å². The number of rotatable bonds is 8. The van der Waals surface area contributed by atoms with Gasteiger partial charge in [0.2, 0.25) is 5.91 Å². The summed E-state index contributed by atoms with van der Waals surface area (Å²) in [6.07, 6.45) is -2.91. The van der Waals surface area contributed by atoms with Gasteiger partial charge < -0.3 is 15.0 Å². The predicted molar refractivity (Wildman–Crippen MR) is 84.3 cm³/mol. The Morgan fingerprint density at radius 2 is 2.08 bits per heavy atom. The molecule has 1 N–H and O–H groups in total. The molecule has 0 aromatic heterocycles. The first-order valence-corrected chi connectivity index (χ1v) is 8.17. The Morgan fingerprint density at radius 3 is 2.76 bits per heavy atom. The second-order valence-electron chi connectivity index (χ2n) is 6.05. The third-order valence-corrected chi connectivity index (χ3v) is 4.30. The Labute approximate surface area is 144 Å². The number of benzene rings is 1. The van der Waals surface area contributed by atoms with Crippen LogP contribution in [0.2, 0.25) is 0 Å². The molecule has 1 heterocycles. The van der Waals surface area contributed by atoms with E-state index < -0.39 is 17.6 Å². The number of hydrogen-bond acceptors (Lipinski definition) is 3. The smallest absolute Gasteiger partial charge is 0.383 e. The van der Waals surface area contributed by atoms with Crippen molar-refractivity contribution in [2.75, 3.05) is 26.8 Å². The lowest BCUT2D eigenvalue weighted by molar-refractivity contribution is -0.137. The van der Waals surface area contributed by atoms with Gasteiger partial charge in [0.05, 0.1) is 12.2 Å². The fraction of sp³-hybridized carbons (Fsp3) is 0.588. The molecule has 1 amide bonds. The molecule has 1 aliphatic heterocycles. The molecule has 0 saturated carbocycles. The molecule has 0 aliphatic carbocycles. The minimum absolute atomic E-state index is 0.100. The number of halogens is 4. The van der Waals surface area contributed by atoms with E-state index in [2.05, 4.69) is 5.32 Å². The molecule has 1 unspecified atom stereocenters. The highest BCUT2D eigenvalue weighted by Gasteiger charge is 2.33. The molecular weight excluding hydrogens is 340 g/mol. The van der Waals surface area contributed by atoms with Crippen LogP contribution >= 0.6 is 0 Å². The van der Waals surface area contributed by atoms with Gasteiger partial charge >= 0.3 is 6.18 Å². The molecule has 0 radical (unpaired) electrons. The Kier molecular flexibility index (Phi) is 6.78. The van der Waals surface area contributed by atoms with Crippen molar-refractivity contribution in [2.45, 2.75) is 38.0 Å². The lowest BCUT2D eigenvalue weighted by atomic mass is 10.1. The van der Waals surface area contributed by atoms with Gasteiger partial charge in [0.25, 0.3) is 0 Å². The van der Waals surface area contributed by atoms with Crippen molar-refractivity contribution in [3.05, 3.63) is 35.1 Å². The summed E-state index contributed by atoms with van der Waals surface area (Å²) in [5, 5.41) is 3.17. The zero-order chi connectivity index (χ0) is 18.4. The fourth-order valence-corrected chi connectivity index (χ4v) is 2.93. The number of hydrogen-bond donors (Lipinski definition) is 1. The standard InChI is InChI=1S/C17H22F4N2O2/c1-25-9-8-22-7-6-14-3-5-16(24)23(14)11-12-10-13(17(19,20)21)2-4-15(12)18/h2,4,10,14,22H,3,5-9,11H2,1H3. The van der Waals surface area contributed by atoms with Crippen LogP contribution in [0.25, 0.3) is 0 Å². The van der Waals surface area contributed by atoms with E-state index in [1.165, 1.54) is 4.90 Å². The average Bonchev–Trinajstić information content (AvgIpc) is 2.89. The number of ether oxygens (including phenoxy) is 1. The Balaban J connectivity index is 2.02. The van der Waals surface area contributed by atoms with Crippen molar-refractivity contribution in [1.82, 2.24) is 10.2 Å². The summed E-state index contributed by atoms with van der Waals surface area (Å²) in [7, 11) is 1.60. The molecule has 1 aromatic rings. The number of nitrogens with zero attached hydrogens (tertiary/aromatic N) is 1. The summed E-state index contributed by atoms with van der Waals surface area (Å²) in [6, 6.07) is 2.20. The molecule has 0 bridgehead atoms. The van der Waals surface area contributed by atoms with Crippen molar-refractivity contribution < 1.29 is 27.1 Å². The van der Waals surface area contributed by atoms with E-state index >= 15 is 0 Å². The van der Waals surface area contributed by atoms with Gasteiger partial charge in [-0.3, -0.25) is 4.79 Å². The lowest BCUT2D eigenvalue weighted by Crippen LogP contribution is -2.35. The number of methoxy groups -OCH3 is 1. The monoisotopic (exact) mass is 362 g/mol. The number of likely N-dealkylation sites (tertiary alicyclic amines) is 1. The summed E-state index contributed by atoms with van der Waals surface area (Å²) < 4.78 is 57.3. The zero-order valence-electron chi connectivity index (χ0n) is 14.0. The molecular formula is C17H22F4N2O2. The summed E-state index contributed by atoms with van der Waals surface area (Å²) in [5.41, 5.74) is -1.02. The number of nitrogens with one attached hydrogen (secondary N) is 1. The molecule has 8 heteroatoms. The molecule has 0 spiro atoms. The van der Waals surface area contributed by atoms with E-state index in [1.807, 2.05) is 0 Å². The van der Waals surface area contributed by atoms with Gasteiger partial charge in [-0.2, -0.15) is 13.2 Å². The van der Waals surface area contributed by atoms with Gasteiger partial charge in [-0.1, -0.05) is 0 Å². The largest absolute Gasteiger partial charge is 0.416 e. The van der Waals surface area contributed by atoms with Crippen LogP contribution in [-0.4, -0.2) is 43.7 Å². The number of carbonyl (C=O) groups is 1. The highest BCUT2D eigenvalue weighted by molar-refractivity contribution is 5.78. The zero-order valence-corrected chi connectivity index (χ0v) is 14.0. The summed E-state index contributed by atoms with van der Waals surface area (Å²) in [4.78, 5) is 13.5. The van der Waals surface area contributed by atoms with Crippen LogP contribution < -0.4 is 5.32 Å². The maximum Gasteiger partial charge on any atom is 0.416 e. The van der Waals surface area contributed by atoms with Crippen molar-refractivity contribution in [3.63, 3.8) is 0 Å². The molecule has 1 atom stereocenters. The van der Waals surface area contributed by atoms with Crippen molar-refractivity contribution in [1.29, 1.82) is 0 Å². The maximum absolute atomic E-state index is 13.9. The summed E-state index contributed by atoms with van der Waals surface area (Å²) >= 11 is 0. The highest BCUT2D eigenvalue weighted by Crippen LogP contribution is 2.31. The van der Waals surface area contributed by atoms with Gasteiger partial charge in [-0.05, 0) is 37.6 Å². The number of alkyl halides is 3. The second-order valence-corrected chi connectivity index (χ2v) is 6.05. The van der Waals surface area contributed by atoms with E-state index in [9.17, 15) is 22.4 Å². The topological polar surface area (TPSA) is 41.6 Å². The van der Waals surface area contributed by atoms with Crippen LogP contribution in [-0.2, 0) is 22.3 Å². The molecule has 2 rings (SSSR count). The van der Waals surface area contributed by atoms with Gasteiger partial charge in [-0.15, -0.1) is 0 Å². The Morgan fingerprint density at radius 1 is 1.32 bits per heavy atom. The van der Waals surface area contributed by atoms with Crippen molar-refractivity contribution >= 4 is 5.91 Å². The van der Waals surface area contributed by atoms with Crippen LogP contribution in [0.4, 0.5) is 17.6 Å². The van der Waals surface area contributed by atoms with E-state index in [0.717, 1.165) is 12.1 Å². The van der Waals surface area contributed by atoms with Crippen LogP contribution in [0.1, 0.15) is 30.4 Å². The highest BCUT2D eigenvalue weighted by atomic mass is 19.4. The van der Waals surface area contributed by atoms with E-state index in [1.54, 1.807) is 7.11 Å². The SMILES string of the molecule is COCCNCCC1CCC(=O)N1Cc1cc(C(F)(F)F)ccc1F. The quantitative estimate of drug-likeness (QED) is 0.571. The van der Waals surface area contributed by atoms with Crippen LogP contribution in [0, 0.1) is 5.82 Å². The van der Waals surface area contributed by atoms with Crippen molar-refractivity contribution in [2.24, 2.45) is 0 Å². The third kappa shape index (κ3) is 5.40. The molecule has 4 nitrogen and oxygen atoms in total. The lowest BCUT2D eigenvalue weighted by Gasteiger charge is -2.25. The summed E-state index contributed by atoms with van der Waals surface area (Å²) in [5.74, 6) is -0.886. The first-order valence-electron chi connectivity index (χ1n) is 8.17. The summed E-state index contributed by atoms with van der Waals surface area (Å²) in [6.45, 7) is 1.77. The minimum atomic E-state index is -4.54. The minimum Gasteiger partial charge on any atom is -0.383 e. The Bertz CT molecular complexity index is 593. The normalized spacial score (nSPS) is 18.2. The van der Waals surface area contributed by atoms with Crippen molar-refractivity contribution in [3.8, 4) is 0 Å². The van der Waals surface area contributed by atoms with Crippen LogP contribution in [0.15, 0.2) is 18.2 Å². The number of carbonyl (C=O) groups excluding carboxylic acids is 1. The number of amides is 1. The first kappa shape index (κ1) is 19.7.